The van der Waals surface area contributed by atoms with Crippen LogP contribution in [-0.4, -0.2) is 20.3 Å². The van der Waals surface area contributed by atoms with Gasteiger partial charge in [-0.3, -0.25) is 0 Å². The summed E-state index contributed by atoms with van der Waals surface area (Å²) in [5.74, 6) is -1.09. The van der Waals surface area contributed by atoms with E-state index in [0.717, 1.165) is 25.7 Å². The number of hydrogen-bond acceptors (Lipinski definition) is 3. The van der Waals surface area contributed by atoms with Gasteiger partial charge in [-0.2, -0.15) is 0 Å². The van der Waals surface area contributed by atoms with Crippen molar-refractivity contribution in [3.05, 3.63) is 83.2 Å². The summed E-state index contributed by atoms with van der Waals surface area (Å²) < 4.78 is 59.9. The topological polar surface area (TPSA) is 27.7 Å². The Bertz CT molecular complexity index is 1090. The Morgan fingerprint density at radius 2 is 1.48 bits per heavy atom. The fourth-order valence-corrected chi connectivity index (χ4v) is 4.38. The largest absolute Gasteiger partial charge is 0.497 e. The number of benzene rings is 3. The molecule has 0 heterocycles. The molecule has 0 spiro atoms. The molecule has 0 amide bonds. The molecule has 4 rings (SSSR count). The molecule has 3 nitrogen and oxygen atoms in total. The van der Waals surface area contributed by atoms with Crippen LogP contribution in [0.15, 0.2) is 54.6 Å². The summed E-state index contributed by atoms with van der Waals surface area (Å²) in [6, 6.07) is 14.6. The molecule has 6 heteroatoms. The zero-order valence-corrected chi connectivity index (χ0v) is 18.7. The van der Waals surface area contributed by atoms with Crippen molar-refractivity contribution in [1.82, 2.24) is 0 Å². The Balaban J connectivity index is 1.45. The lowest BCUT2D eigenvalue weighted by molar-refractivity contribution is 0.0655. The van der Waals surface area contributed by atoms with Crippen LogP contribution >= 0.6 is 0 Å². The average molecular weight is 457 g/mol. The second-order valence-corrected chi connectivity index (χ2v) is 8.31. The van der Waals surface area contributed by atoms with Crippen LogP contribution in [-0.2, 0) is 11.3 Å². The Morgan fingerprint density at radius 1 is 0.788 bits per heavy atom. The van der Waals surface area contributed by atoms with Crippen LogP contribution in [0.5, 0.6) is 11.5 Å². The minimum absolute atomic E-state index is 0.00840. The van der Waals surface area contributed by atoms with Gasteiger partial charge in [-0.05, 0) is 67.0 Å². The van der Waals surface area contributed by atoms with Crippen LogP contribution < -0.4 is 9.47 Å². The van der Waals surface area contributed by atoms with Gasteiger partial charge in [-0.15, -0.1) is 0 Å². The van der Waals surface area contributed by atoms with E-state index in [4.69, 9.17) is 14.2 Å². The molecule has 0 atom stereocenters. The second-order valence-electron chi connectivity index (χ2n) is 8.31. The number of hydrogen-bond donors (Lipinski definition) is 0. The van der Waals surface area contributed by atoms with E-state index in [9.17, 15) is 13.2 Å². The van der Waals surface area contributed by atoms with Gasteiger partial charge in [0.15, 0.2) is 11.6 Å². The van der Waals surface area contributed by atoms with Crippen LogP contribution in [0, 0.1) is 17.5 Å². The highest BCUT2D eigenvalue weighted by molar-refractivity contribution is 5.65. The van der Waals surface area contributed by atoms with Crippen LogP contribution in [0.4, 0.5) is 13.2 Å². The Hall–Kier alpha value is -2.99. The molecule has 3 aromatic rings. The fraction of sp³-hybridized carbons (Fsp3) is 0.333. The van der Waals surface area contributed by atoms with Gasteiger partial charge in [0.1, 0.15) is 23.9 Å². The second kappa shape index (κ2) is 10.3. The van der Waals surface area contributed by atoms with Gasteiger partial charge in [0, 0.05) is 24.3 Å². The molecule has 0 bridgehead atoms. The van der Waals surface area contributed by atoms with E-state index in [1.165, 1.54) is 13.2 Å². The minimum Gasteiger partial charge on any atom is -0.497 e. The molecule has 1 aliphatic carbocycles. The van der Waals surface area contributed by atoms with Crippen LogP contribution in [0.2, 0.25) is 0 Å². The van der Waals surface area contributed by atoms with Crippen LogP contribution in [0.25, 0.3) is 11.1 Å². The molecule has 174 valence electrons. The molecule has 0 aromatic heterocycles. The molecule has 0 radical (unpaired) electrons. The van der Waals surface area contributed by atoms with Crippen LogP contribution in [0.3, 0.4) is 0 Å². The van der Waals surface area contributed by atoms with Gasteiger partial charge in [0.2, 0.25) is 0 Å². The zero-order chi connectivity index (χ0) is 23.4. The van der Waals surface area contributed by atoms with Gasteiger partial charge in [0.05, 0.1) is 13.2 Å². The number of rotatable bonds is 7. The molecule has 3 aromatic carbocycles. The van der Waals surface area contributed by atoms with Crippen molar-refractivity contribution in [2.75, 3.05) is 14.2 Å². The van der Waals surface area contributed by atoms with Gasteiger partial charge in [0.25, 0.3) is 0 Å². The zero-order valence-electron chi connectivity index (χ0n) is 18.7. The molecule has 0 N–H and O–H groups in total. The van der Waals surface area contributed by atoms with Crippen molar-refractivity contribution in [2.45, 2.75) is 44.3 Å². The van der Waals surface area contributed by atoms with Gasteiger partial charge < -0.3 is 14.2 Å². The van der Waals surface area contributed by atoms with Crippen molar-refractivity contribution in [3.63, 3.8) is 0 Å². The third kappa shape index (κ3) is 5.17. The summed E-state index contributed by atoms with van der Waals surface area (Å²) in [6.45, 7) is 0.0399. The first-order chi connectivity index (χ1) is 16.0. The Kier molecular flexibility index (Phi) is 7.23. The predicted octanol–water partition coefficient (Wildman–Crippen LogP) is 7.03. The van der Waals surface area contributed by atoms with Gasteiger partial charge in [-0.1, -0.05) is 24.3 Å². The summed E-state index contributed by atoms with van der Waals surface area (Å²) in [5, 5.41) is 0. The molecule has 0 saturated heterocycles. The minimum atomic E-state index is -0.838. The van der Waals surface area contributed by atoms with Crippen molar-refractivity contribution in [2.24, 2.45) is 0 Å². The normalized spacial score (nSPS) is 18.2. The number of methoxy groups -OCH3 is 2. The predicted molar refractivity (Wildman–Crippen MR) is 121 cm³/mol. The first-order valence-electron chi connectivity index (χ1n) is 11.1. The first kappa shape index (κ1) is 23.2. The van der Waals surface area contributed by atoms with Crippen molar-refractivity contribution in [3.8, 4) is 22.6 Å². The fourth-order valence-electron chi connectivity index (χ4n) is 4.38. The standard InChI is InChI=1S/C27H27F3O3/c1-31-20-8-3-17(4-9-20)23-13-14-24(27(30)26(23)29)18-5-10-21(11-6-18)33-16-19-7-12-22(32-2)15-25(19)28/h5-7,10-15,17,20H,3-4,8-9,16H2,1-2H3. The molecular formula is C27H27F3O3. The van der Waals surface area contributed by atoms with E-state index >= 15 is 0 Å². The Labute approximate surface area is 192 Å². The maximum absolute atomic E-state index is 14.9. The summed E-state index contributed by atoms with van der Waals surface area (Å²) in [4.78, 5) is 0. The lowest BCUT2D eigenvalue weighted by Gasteiger charge is -2.28. The summed E-state index contributed by atoms with van der Waals surface area (Å²) in [7, 11) is 3.16. The third-order valence-electron chi connectivity index (χ3n) is 6.38. The quantitative estimate of drug-likeness (QED) is 0.382. The Morgan fingerprint density at radius 3 is 2.12 bits per heavy atom. The lowest BCUT2D eigenvalue weighted by Crippen LogP contribution is -2.20. The molecule has 0 unspecified atom stereocenters. The molecular weight excluding hydrogens is 429 g/mol. The van der Waals surface area contributed by atoms with E-state index in [-0.39, 0.29) is 24.2 Å². The monoisotopic (exact) mass is 456 g/mol. The molecule has 1 saturated carbocycles. The molecule has 0 aliphatic heterocycles. The SMILES string of the molecule is COc1ccc(COc2ccc(-c3ccc(C4CCC(OC)CC4)c(F)c3F)cc2)c(F)c1. The molecule has 1 fully saturated rings. The number of ether oxygens (including phenoxy) is 3. The van der Waals surface area contributed by atoms with Crippen molar-refractivity contribution < 1.29 is 27.4 Å². The maximum atomic E-state index is 14.9. The summed E-state index contributed by atoms with van der Waals surface area (Å²) in [5.41, 5.74) is 1.58. The highest BCUT2D eigenvalue weighted by Gasteiger charge is 2.26. The van der Waals surface area contributed by atoms with E-state index < -0.39 is 17.5 Å². The summed E-state index contributed by atoms with van der Waals surface area (Å²) in [6.07, 6.45) is 3.48. The van der Waals surface area contributed by atoms with E-state index in [1.807, 2.05) is 0 Å². The van der Waals surface area contributed by atoms with E-state index in [1.54, 1.807) is 55.6 Å². The lowest BCUT2D eigenvalue weighted by atomic mass is 9.82. The van der Waals surface area contributed by atoms with Gasteiger partial charge in [-0.25, -0.2) is 13.2 Å². The molecule has 33 heavy (non-hydrogen) atoms. The first-order valence-corrected chi connectivity index (χ1v) is 11.1. The van der Waals surface area contributed by atoms with Gasteiger partial charge >= 0.3 is 0 Å². The van der Waals surface area contributed by atoms with Crippen molar-refractivity contribution >= 4 is 0 Å². The highest BCUT2D eigenvalue weighted by atomic mass is 19.2. The van der Waals surface area contributed by atoms with E-state index in [0.29, 0.717) is 28.2 Å². The smallest absolute Gasteiger partial charge is 0.166 e. The van der Waals surface area contributed by atoms with Crippen molar-refractivity contribution in [1.29, 1.82) is 0 Å². The summed E-state index contributed by atoms with van der Waals surface area (Å²) >= 11 is 0. The maximum Gasteiger partial charge on any atom is 0.166 e. The third-order valence-corrected chi connectivity index (χ3v) is 6.38. The highest BCUT2D eigenvalue weighted by Crippen LogP contribution is 2.38. The van der Waals surface area contributed by atoms with E-state index in [2.05, 4.69) is 0 Å². The number of halogens is 3. The average Bonchev–Trinajstić information content (AvgIpc) is 2.85. The molecule has 1 aliphatic rings. The van der Waals surface area contributed by atoms with Crippen LogP contribution in [0.1, 0.15) is 42.7 Å².